The quantitative estimate of drug-likeness (QED) is 0.680. The minimum atomic E-state index is -0.578. The molecule has 5 N–H and O–H groups in total. The van der Waals surface area contributed by atoms with E-state index in [9.17, 15) is 5.11 Å². The molecule has 1 saturated heterocycles. The van der Waals surface area contributed by atoms with Gasteiger partial charge in [0.1, 0.15) is 23.8 Å². The maximum atomic E-state index is 9.45. The Bertz CT molecular complexity index is 678. The molecule has 3 rings (SSSR count). The van der Waals surface area contributed by atoms with Gasteiger partial charge in [0, 0.05) is 14.2 Å². The van der Waals surface area contributed by atoms with Gasteiger partial charge in [-0.25, -0.2) is 4.98 Å². The van der Waals surface area contributed by atoms with Gasteiger partial charge in [0.05, 0.1) is 12.9 Å². The van der Waals surface area contributed by atoms with Crippen molar-refractivity contribution in [1.29, 1.82) is 0 Å². The number of ether oxygens (including phenoxy) is 3. The number of aliphatic hydroxyl groups is 1. The molecule has 10 heteroatoms. The SMILES string of the molecule is C.COC1C(OC)[C@@H](CO)O[C@H]1n1cnc2c(N)nc(N)nc21. The van der Waals surface area contributed by atoms with Gasteiger partial charge in [-0.1, -0.05) is 7.43 Å². The normalized spacial score (nSPS) is 27.3. The summed E-state index contributed by atoms with van der Waals surface area (Å²) in [7, 11) is 3.08. The molecule has 128 valence electrons. The van der Waals surface area contributed by atoms with Crippen molar-refractivity contribution in [3.63, 3.8) is 0 Å². The lowest BCUT2D eigenvalue weighted by molar-refractivity contribution is -0.0583. The molecule has 23 heavy (non-hydrogen) atoms. The number of nitrogens with two attached hydrogens (primary N) is 2. The van der Waals surface area contributed by atoms with Gasteiger partial charge < -0.3 is 30.8 Å². The molecule has 2 aromatic heterocycles. The fraction of sp³-hybridized carbons (Fsp3) is 0.615. The third-order valence-corrected chi connectivity index (χ3v) is 3.75. The van der Waals surface area contributed by atoms with E-state index in [0.29, 0.717) is 11.2 Å². The van der Waals surface area contributed by atoms with Crippen molar-refractivity contribution in [1.82, 2.24) is 19.5 Å². The van der Waals surface area contributed by atoms with Crippen molar-refractivity contribution < 1.29 is 19.3 Å². The number of methoxy groups -OCH3 is 2. The number of hydrogen-bond donors (Lipinski definition) is 3. The molecule has 2 aromatic rings. The Balaban J connectivity index is 0.00000192. The second kappa shape index (κ2) is 6.62. The van der Waals surface area contributed by atoms with Crippen molar-refractivity contribution in [3.05, 3.63) is 6.33 Å². The largest absolute Gasteiger partial charge is 0.394 e. The molecule has 0 aromatic carbocycles. The summed E-state index contributed by atoms with van der Waals surface area (Å²) >= 11 is 0. The number of aliphatic hydroxyl groups excluding tert-OH is 1. The smallest absolute Gasteiger partial charge is 0.224 e. The molecule has 1 aliphatic heterocycles. The average molecular weight is 326 g/mol. The topological polar surface area (TPSA) is 144 Å². The number of fused-ring (bicyclic) bond motifs is 1. The van der Waals surface area contributed by atoms with Crippen LogP contribution in [0.1, 0.15) is 13.7 Å². The Kier molecular flexibility index (Phi) is 5.00. The molecule has 0 aliphatic carbocycles. The molecule has 0 bridgehead atoms. The Morgan fingerprint density at radius 1 is 1.26 bits per heavy atom. The Morgan fingerprint density at radius 2 is 1.96 bits per heavy atom. The minimum Gasteiger partial charge on any atom is -0.394 e. The van der Waals surface area contributed by atoms with Crippen LogP contribution in [0.5, 0.6) is 0 Å². The lowest BCUT2D eigenvalue weighted by atomic mass is 10.1. The lowest BCUT2D eigenvalue weighted by Gasteiger charge is -2.21. The van der Waals surface area contributed by atoms with E-state index in [1.165, 1.54) is 13.4 Å². The highest BCUT2D eigenvalue weighted by Crippen LogP contribution is 2.35. The zero-order valence-electron chi connectivity index (χ0n) is 12.2. The number of hydrogen-bond acceptors (Lipinski definition) is 9. The van der Waals surface area contributed by atoms with E-state index in [1.807, 2.05) is 0 Å². The maximum Gasteiger partial charge on any atom is 0.224 e. The summed E-state index contributed by atoms with van der Waals surface area (Å²) in [5.41, 5.74) is 12.3. The van der Waals surface area contributed by atoms with Gasteiger partial charge in [0.15, 0.2) is 17.7 Å². The molecule has 1 aliphatic rings. The van der Waals surface area contributed by atoms with E-state index in [1.54, 1.807) is 11.7 Å². The molecule has 0 spiro atoms. The Hall–Kier alpha value is -2.01. The van der Waals surface area contributed by atoms with Crippen LogP contribution in [0.15, 0.2) is 6.33 Å². The van der Waals surface area contributed by atoms with Crippen LogP contribution in [0.3, 0.4) is 0 Å². The van der Waals surface area contributed by atoms with Gasteiger partial charge >= 0.3 is 0 Å². The van der Waals surface area contributed by atoms with Gasteiger partial charge in [-0.2, -0.15) is 9.97 Å². The number of aromatic nitrogens is 4. The molecule has 0 saturated carbocycles. The molecule has 0 amide bonds. The zero-order valence-corrected chi connectivity index (χ0v) is 12.2. The van der Waals surface area contributed by atoms with Crippen LogP contribution in [0, 0.1) is 0 Å². The molecule has 3 heterocycles. The second-order valence-corrected chi connectivity index (χ2v) is 4.94. The predicted octanol–water partition coefficient (Wildman–Crippen LogP) is -0.453. The minimum absolute atomic E-state index is 0. The zero-order chi connectivity index (χ0) is 15.9. The number of nitrogens with zero attached hydrogens (tertiary/aromatic N) is 4. The highest BCUT2D eigenvalue weighted by atomic mass is 16.6. The van der Waals surface area contributed by atoms with Gasteiger partial charge in [-0.05, 0) is 0 Å². The van der Waals surface area contributed by atoms with Crippen LogP contribution in [-0.2, 0) is 14.2 Å². The molecule has 2 unspecified atom stereocenters. The summed E-state index contributed by atoms with van der Waals surface area (Å²) in [4.78, 5) is 12.2. The summed E-state index contributed by atoms with van der Waals surface area (Å²) in [6, 6.07) is 0. The third-order valence-electron chi connectivity index (χ3n) is 3.75. The summed E-state index contributed by atoms with van der Waals surface area (Å²) in [5, 5.41) is 9.45. The van der Waals surface area contributed by atoms with Crippen LogP contribution in [0.25, 0.3) is 11.2 Å². The first-order valence-corrected chi connectivity index (χ1v) is 6.68. The average Bonchev–Trinajstić information content (AvgIpc) is 3.06. The fourth-order valence-corrected chi connectivity index (χ4v) is 2.76. The fourth-order valence-electron chi connectivity index (χ4n) is 2.76. The van der Waals surface area contributed by atoms with E-state index >= 15 is 0 Å². The van der Waals surface area contributed by atoms with Gasteiger partial charge in [-0.3, -0.25) is 4.57 Å². The Morgan fingerprint density at radius 3 is 2.57 bits per heavy atom. The molecule has 4 atom stereocenters. The van der Waals surface area contributed by atoms with E-state index in [-0.39, 0.29) is 25.8 Å². The van der Waals surface area contributed by atoms with E-state index in [4.69, 9.17) is 25.7 Å². The summed E-state index contributed by atoms with van der Waals surface area (Å²) in [6.45, 7) is -0.194. The standard InChI is InChI=1S/C12H18N6O4.CH4/c1-20-7-5(3-19)22-11(8(7)21-2)18-4-15-6-9(13)16-12(14)17-10(6)18;/h4-5,7-8,11,19H,3H2,1-2H3,(H4,13,14,16,17);1H4/t5-,7?,8?,11-;/m1./s1. The monoisotopic (exact) mass is 326 g/mol. The molecule has 0 radical (unpaired) electrons. The van der Waals surface area contributed by atoms with Crippen LogP contribution < -0.4 is 11.5 Å². The summed E-state index contributed by atoms with van der Waals surface area (Å²) in [6.07, 6.45) is -0.441. The van der Waals surface area contributed by atoms with E-state index in [2.05, 4.69) is 15.0 Å². The number of anilines is 2. The van der Waals surface area contributed by atoms with Crippen molar-refractivity contribution in [3.8, 4) is 0 Å². The van der Waals surface area contributed by atoms with E-state index in [0.717, 1.165) is 0 Å². The number of imidazole rings is 1. The molecule has 1 fully saturated rings. The van der Waals surface area contributed by atoms with Gasteiger partial charge in [0.2, 0.25) is 5.95 Å². The first kappa shape index (κ1) is 17.3. The van der Waals surface area contributed by atoms with Gasteiger partial charge in [0.25, 0.3) is 0 Å². The second-order valence-electron chi connectivity index (χ2n) is 4.94. The van der Waals surface area contributed by atoms with Crippen LogP contribution in [-0.4, -0.2) is 63.8 Å². The molecule has 10 nitrogen and oxygen atoms in total. The lowest BCUT2D eigenvalue weighted by Crippen LogP contribution is -2.36. The van der Waals surface area contributed by atoms with Crippen LogP contribution in [0.4, 0.5) is 11.8 Å². The van der Waals surface area contributed by atoms with Crippen LogP contribution >= 0.6 is 0 Å². The first-order valence-electron chi connectivity index (χ1n) is 6.68. The van der Waals surface area contributed by atoms with Crippen molar-refractivity contribution in [2.75, 3.05) is 32.3 Å². The number of nitrogen functional groups attached to an aromatic ring is 2. The molecular formula is C13H22N6O4. The maximum absolute atomic E-state index is 9.45. The van der Waals surface area contributed by atoms with Crippen molar-refractivity contribution >= 4 is 22.9 Å². The van der Waals surface area contributed by atoms with Gasteiger partial charge in [-0.15, -0.1) is 0 Å². The van der Waals surface area contributed by atoms with E-state index < -0.39 is 24.5 Å². The highest BCUT2D eigenvalue weighted by molar-refractivity contribution is 5.82. The highest BCUT2D eigenvalue weighted by Gasteiger charge is 2.46. The third kappa shape index (κ3) is 2.70. The van der Waals surface area contributed by atoms with Crippen molar-refractivity contribution in [2.24, 2.45) is 0 Å². The summed E-state index contributed by atoms with van der Waals surface area (Å²) in [5.74, 6) is 0.232. The predicted molar refractivity (Wildman–Crippen MR) is 83.5 cm³/mol. The number of rotatable bonds is 4. The molecular weight excluding hydrogens is 304 g/mol. The summed E-state index contributed by atoms with van der Waals surface area (Å²) < 4.78 is 18.3. The van der Waals surface area contributed by atoms with Crippen LogP contribution in [0.2, 0.25) is 0 Å². The van der Waals surface area contributed by atoms with Crippen molar-refractivity contribution in [2.45, 2.75) is 32.0 Å². The first-order chi connectivity index (χ1) is 10.6. The Labute approximate surface area is 133 Å².